The lowest BCUT2D eigenvalue weighted by Gasteiger charge is -2.15. The van der Waals surface area contributed by atoms with Gasteiger partial charge in [-0.2, -0.15) is 5.10 Å². The predicted molar refractivity (Wildman–Crippen MR) is 134 cm³/mol. The highest BCUT2D eigenvalue weighted by atomic mass is 79.9. The van der Waals surface area contributed by atoms with Crippen molar-refractivity contribution < 1.29 is 23.9 Å². The molecule has 2 aromatic rings. The molecule has 180 valence electrons. The molecule has 9 nitrogen and oxygen atoms in total. The minimum atomic E-state index is -0.906. The van der Waals surface area contributed by atoms with Gasteiger partial charge in [-0.25, -0.2) is 5.43 Å². The van der Waals surface area contributed by atoms with Crippen LogP contribution in [0, 0.1) is 13.8 Å². The molecule has 0 spiro atoms. The number of nitrogens with one attached hydrogen (secondary N) is 3. The van der Waals surface area contributed by atoms with Crippen molar-refractivity contribution >= 4 is 45.6 Å². The van der Waals surface area contributed by atoms with Crippen molar-refractivity contribution in [2.24, 2.45) is 5.10 Å². The van der Waals surface area contributed by atoms with Crippen LogP contribution in [0.1, 0.15) is 23.6 Å². The van der Waals surface area contributed by atoms with Crippen LogP contribution in [0.25, 0.3) is 0 Å². The summed E-state index contributed by atoms with van der Waals surface area (Å²) in [5, 5.41) is 8.95. The van der Waals surface area contributed by atoms with Crippen LogP contribution in [-0.4, -0.2) is 43.7 Å². The summed E-state index contributed by atoms with van der Waals surface area (Å²) in [7, 11) is 0. The fourth-order valence-corrected chi connectivity index (χ4v) is 3.48. The van der Waals surface area contributed by atoms with E-state index >= 15 is 0 Å². The molecule has 0 atom stereocenters. The molecule has 0 radical (unpaired) electrons. The quantitative estimate of drug-likeness (QED) is 0.188. The average molecular weight is 531 g/mol. The topological polar surface area (TPSA) is 118 Å². The summed E-state index contributed by atoms with van der Waals surface area (Å²) in [6, 6.07) is 9.09. The van der Waals surface area contributed by atoms with Crippen LogP contribution in [0.3, 0.4) is 0 Å². The van der Waals surface area contributed by atoms with E-state index in [0.717, 1.165) is 11.1 Å². The Bertz CT molecular complexity index is 1080. The largest absolute Gasteiger partial charge is 0.490 e. The number of carbonyl (C=O) groups excluding carboxylic acids is 3. The Hall–Kier alpha value is -3.66. The maximum Gasteiger partial charge on any atom is 0.329 e. The third-order valence-electron chi connectivity index (χ3n) is 4.18. The Morgan fingerprint density at radius 2 is 1.76 bits per heavy atom. The predicted octanol–water partition coefficient (Wildman–Crippen LogP) is 3.23. The van der Waals surface area contributed by atoms with E-state index in [-0.39, 0.29) is 19.1 Å². The zero-order chi connectivity index (χ0) is 25.1. The molecule has 2 aromatic carbocycles. The van der Waals surface area contributed by atoms with Crippen LogP contribution < -0.4 is 25.5 Å². The Balaban J connectivity index is 2.06. The van der Waals surface area contributed by atoms with Gasteiger partial charge in [0.25, 0.3) is 5.91 Å². The Labute approximate surface area is 206 Å². The third-order valence-corrected chi connectivity index (χ3v) is 4.77. The highest BCUT2D eigenvalue weighted by molar-refractivity contribution is 9.10. The summed E-state index contributed by atoms with van der Waals surface area (Å²) in [6.45, 7) is 9.49. The van der Waals surface area contributed by atoms with Crippen LogP contribution in [0.15, 0.2) is 52.6 Å². The lowest BCUT2D eigenvalue weighted by molar-refractivity contribution is -0.139. The molecule has 0 saturated heterocycles. The van der Waals surface area contributed by atoms with Gasteiger partial charge in [0.1, 0.15) is 0 Å². The SMILES string of the molecule is C=CCNC(=O)C(=O)N/N=C/c1cc(Br)c(OCC(=O)Nc2cc(C)cc(C)c2)c(OCC)c1. The van der Waals surface area contributed by atoms with E-state index in [1.165, 1.54) is 12.3 Å². The highest BCUT2D eigenvalue weighted by Crippen LogP contribution is 2.36. The fraction of sp³-hybridized carbons (Fsp3) is 0.250. The van der Waals surface area contributed by atoms with E-state index in [1.807, 2.05) is 39.0 Å². The number of carbonyl (C=O) groups is 3. The summed E-state index contributed by atoms with van der Waals surface area (Å²) >= 11 is 3.42. The zero-order valence-corrected chi connectivity index (χ0v) is 20.8. The maximum absolute atomic E-state index is 12.4. The van der Waals surface area contributed by atoms with Crippen LogP contribution >= 0.6 is 15.9 Å². The first-order valence-corrected chi connectivity index (χ1v) is 11.2. The van der Waals surface area contributed by atoms with Crippen molar-refractivity contribution in [3.05, 3.63) is 64.1 Å². The Morgan fingerprint density at radius 1 is 1.06 bits per heavy atom. The van der Waals surface area contributed by atoms with Gasteiger partial charge in [-0.05, 0) is 77.7 Å². The molecule has 0 aliphatic rings. The van der Waals surface area contributed by atoms with Crippen molar-refractivity contribution in [3.8, 4) is 11.5 Å². The normalized spacial score (nSPS) is 10.5. The Kier molecular flexibility index (Phi) is 10.3. The van der Waals surface area contributed by atoms with Crippen LogP contribution in [-0.2, 0) is 14.4 Å². The van der Waals surface area contributed by atoms with Crippen LogP contribution in [0.4, 0.5) is 5.69 Å². The molecular formula is C24H27BrN4O5. The lowest BCUT2D eigenvalue weighted by atomic mass is 10.1. The summed E-state index contributed by atoms with van der Waals surface area (Å²) in [5.41, 5.74) is 5.49. The fourth-order valence-electron chi connectivity index (χ4n) is 2.91. The van der Waals surface area contributed by atoms with Gasteiger partial charge in [-0.15, -0.1) is 6.58 Å². The minimum Gasteiger partial charge on any atom is -0.490 e. The molecule has 0 saturated carbocycles. The monoisotopic (exact) mass is 530 g/mol. The molecule has 34 heavy (non-hydrogen) atoms. The highest BCUT2D eigenvalue weighted by Gasteiger charge is 2.15. The van der Waals surface area contributed by atoms with E-state index in [1.54, 1.807) is 12.1 Å². The number of hydrogen-bond acceptors (Lipinski definition) is 6. The van der Waals surface area contributed by atoms with Crippen molar-refractivity contribution in [1.29, 1.82) is 0 Å². The van der Waals surface area contributed by atoms with Gasteiger partial charge >= 0.3 is 11.8 Å². The Morgan fingerprint density at radius 3 is 2.41 bits per heavy atom. The first kappa shape index (κ1) is 26.6. The summed E-state index contributed by atoms with van der Waals surface area (Å²) in [5.74, 6) is -1.31. The van der Waals surface area contributed by atoms with E-state index < -0.39 is 11.8 Å². The van der Waals surface area contributed by atoms with E-state index in [4.69, 9.17) is 9.47 Å². The van der Waals surface area contributed by atoms with Crippen molar-refractivity contribution in [2.75, 3.05) is 25.1 Å². The van der Waals surface area contributed by atoms with Gasteiger partial charge in [0.15, 0.2) is 18.1 Å². The summed E-state index contributed by atoms with van der Waals surface area (Å²) in [6.07, 6.45) is 2.81. The molecule has 0 aliphatic carbocycles. The first-order valence-electron chi connectivity index (χ1n) is 10.4. The number of hydrazone groups is 1. The molecule has 3 N–H and O–H groups in total. The molecule has 0 heterocycles. The second kappa shape index (κ2) is 13.1. The van der Waals surface area contributed by atoms with Crippen molar-refractivity contribution in [3.63, 3.8) is 0 Å². The molecule has 10 heteroatoms. The van der Waals surface area contributed by atoms with Gasteiger partial charge in [0.05, 0.1) is 17.3 Å². The van der Waals surface area contributed by atoms with Crippen LogP contribution in [0.2, 0.25) is 0 Å². The zero-order valence-electron chi connectivity index (χ0n) is 19.2. The molecule has 0 bridgehead atoms. The second-order valence-corrected chi connectivity index (χ2v) is 8.03. The molecular weight excluding hydrogens is 504 g/mol. The number of halogens is 1. The van der Waals surface area contributed by atoms with E-state index in [2.05, 4.69) is 43.7 Å². The van der Waals surface area contributed by atoms with Crippen LogP contribution in [0.5, 0.6) is 11.5 Å². The number of ether oxygens (including phenoxy) is 2. The number of aryl methyl sites for hydroxylation is 2. The van der Waals surface area contributed by atoms with E-state index in [0.29, 0.717) is 33.8 Å². The van der Waals surface area contributed by atoms with Gasteiger partial charge in [0, 0.05) is 12.2 Å². The number of anilines is 1. The summed E-state index contributed by atoms with van der Waals surface area (Å²) < 4.78 is 11.9. The van der Waals surface area contributed by atoms with Gasteiger partial charge < -0.3 is 20.1 Å². The number of rotatable bonds is 10. The summed E-state index contributed by atoms with van der Waals surface area (Å²) in [4.78, 5) is 35.6. The second-order valence-electron chi connectivity index (χ2n) is 7.17. The molecule has 3 amide bonds. The maximum atomic E-state index is 12.4. The standard InChI is InChI=1S/C24H27BrN4O5/c1-5-7-26-23(31)24(32)29-27-13-17-11-19(25)22(20(12-17)33-6-2)34-14-21(30)28-18-9-15(3)8-16(4)10-18/h5,8-13H,1,6-7,14H2,2-4H3,(H,26,31)(H,28,30)(H,29,32)/b27-13+. The average Bonchev–Trinajstić information content (AvgIpc) is 2.76. The smallest absolute Gasteiger partial charge is 0.329 e. The van der Waals surface area contributed by atoms with E-state index in [9.17, 15) is 14.4 Å². The molecule has 0 unspecified atom stereocenters. The lowest BCUT2D eigenvalue weighted by Crippen LogP contribution is -2.37. The third kappa shape index (κ3) is 8.36. The molecule has 2 rings (SSSR count). The number of amides is 3. The van der Waals surface area contributed by atoms with Gasteiger partial charge in [-0.1, -0.05) is 12.1 Å². The van der Waals surface area contributed by atoms with Crippen molar-refractivity contribution in [1.82, 2.24) is 10.7 Å². The molecule has 0 fully saturated rings. The van der Waals surface area contributed by atoms with Gasteiger partial charge in [-0.3, -0.25) is 14.4 Å². The van der Waals surface area contributed by atoms with Gasteiger partial charge in [0.2, 0.25) is 0 Å². The number of nitrogens with zero attached hydrogens (tertiary/aromatic N) is 1. The minimum absolute atomic E-state index is 0.171. The number of hydrogen-bond donors (Lipinski definition) is 3. The molecule has 0 aliphatic heterocycles. The molecule has 0 aromatic heterocycles. The number of benzene rings is 2. The first-order chi connectivity index (χ1) is 16.2. The van der Waals surface area contributed by atoms with Crippen molar-refractivity contribution in [2.45, 2.75) is 20.8 Å².